The van der Waals surface area contributed by atoms with Crippen molar-refractivity contribution in [2.45, 2.75) is 4.90 Å². The van der Waals surface area contributed by atoms with Crippen molar-refractivity contribution in [1.82, 2.24) is 0 Å². The SMILES string of the molecule is NC(=O)c1cc(Cl)cc(S(=O)(=O)Cl)c1F. The van der Waals surface area contributed by atoms with Crippen LogP contribution < -0.4 is 5.73 Å². The van der Waals surface area contributed by atoms with Gasteiger partial charge in [0.2, 0.25) is 0 Å². The summed E-state index contributed by atoms with van der Waals surface area (Å²) in [5.41, 5.74) is 4.20. The molecular weight excluding hydrogens is 268 g/mol. The van der Waals surface area contributed by atoms with E-state index in [0.29, 0.717) is 0 Å². The Morgan fingerprint density at radius 2 is 1.93 bits per heavy atom. The van der Waals surface area contributed by atoms with Crippen LogP contribution in [0.2, 0.25) is 5.02 Å². The second-order valence-electron chi connectivity index (χ2n) is 2.57. The molecule has 0 bridgehead atoms. The smallest absolute Gasteiger partial charge is 0.264 e. The summed E-state index contributed by atoms with van der Waals surface area (Å²) in [6.45, 7) is 0. The van der Waals surface area contributed by atoms with E-state index in [1.807, 2.05) is 0 Å². The van der Waals surface area contributed by atoms with Crippen molar-refractivity contribution in [1.29, 1.82) is 0 Å². The summed E-state index contributed by atoms with van der Waals surface area (Å²) in [6.07, 6.45) is 0. The summed E-state index contributed by atoms with van der Waals surface area (Å²) in [5.74, 6) is -2.43. The largest absolute Gasteiger partial charge is 0.366 e. The normalized spacial score (nSPS) is 11.4. The minimum atomic E-state index is -4.31. The number of hydrogen-bond donors (Lipinski definition) is 1. The molecule has 0 saturated carbocycles. The zero-order valence-corrected chi connectivity index (χ0v) is 9.33. The highest BCUT2D eigenvalue weighted by molar-refractivity contribution is 8.13. The number of rotatable bonds is 2. The van der Waals surface area contributed by atoms with Crippen LogP contribution in [0, 0.1) is 5.82 Å². The van der Waals surface area contributed by atoms with E-state index in [0.717, 1.165) is 12.1 Å². The van der Waals surface area contributed by atoms with Crippen LogP contribution in [-0.2, 0) is 9.05 Å². The van der Waals surface area contributed by atoms with E-state index in [9.17, 15) is 17.6 Å². The van der Waals surface area contributed by atoms with Crippen molar-refractivity contribution in [2.75, 3.05) is 0 Å². The zero-order chi connectivity index (χ0) is 11.8. The highest BCUT2D eigenvalue weighted by atomic mass is 35.7. The molecule has 0 fully saturated rings. The van der Waals surface area contributed by atoms with Crippen LogP contribution in [0.1, 0.15) is 10.4 Å². The molecule has 15 heavy (non-hydrogen) atoms. The summed E-state index contributed by atoms with van der Waals surface area (Å²) in [5, 5.41) is -0.149. The summed E-state index contributed by atoms with van der Waals surface area (Å²) in [6, 6.07) is 1.72. The predicted molar refractivity (Wildman–Crippen MR) is 53.0 cm³/mol. The Balaban J connectivity index is 3.63. The number of nitrogens with two attached hydrogens (primary N) is 1. The average Bonchev–Trinajstić information content (AvgIpc) is 2.06. The van der Waals surface area contributed by atoms with E-state index >= 15 is 0 Å². The fourth-order valence-electron chi connectivity index (χ4n) is 0.921. The fourth-order valence-corrected chi connectivity index (χ4v) is 2.13. The molecule has 0 saturated heterocycles. The monoisotopic (exact) mass is 271 g/mol. The van der Waals surface area contributed by atoms with Crippen LogP contribution >= 0.6 is 22.3 Å². The predicted octanol–water partition coefficient (Wildman–Crippen LogP) is 1.51. The van der Waals surface area contributed by atoms with Crippen LogP contribution in [0.15, 0.2) is 17.0 Å². The highest BCUT2D eigenvalue weighted by Crippen LogP contribution is 2.25. The van der Waals surface area contributed by atoms with Crippen molar-refractivity contribution in [3.8, 4) is 0 Å². The molecule has 2 N–H and O–H groups in total. The summed E-state index contributed by atoms with van der Waals surface area (Å²) < 4.78 is 35.2. The Kier molecular flexibility index (Phi) is 3.22. The molecule has 0 spiro atoms. The molecule has 0 unspecified atom stereocenters. The fraction of sp³-hybridized carbons (Fsp3) is 0. The topological polar surface area (TPSA) is 77.2 Å². The number of primary amides is 1. The number of hydrogen-bond acceptors (Lipinski definition) is 3. The Morgan fingerprint density at radius 1 is 1.40 bits per heavy atom. The number of carbonyl (C=O) groups excluding carboxylic acids is 1. The van der Waals surface area contributed by atoms with Gasteiger partial charge >= 0.3 is 0 Å². The molecule has 0 heterocycles. The van der Waals surface area contributed by atoms with E-state index in [4.69, 9.17) is 28.0 Å². The zero-order valence-electron chi connectivity index (χ0n) is 7.00. The summed E-state index contributed by atoms with van der Waals surface area (Å²) >= 11 is 5.47. The molecule has 0 aromatic heterocycles. The second-order valence-corrected chi connectivity index (χ2v) is 5.54. The standard InChI is InChI=1S/C7H4Cl2FNO3S/c8-3-1-4(7(11)12)6(10)5(2-3)15(9,13)14/h1-2H,(H2,11,12). The maximum Gasteiger partial charge on any atom is 0.264 e. The lowest BCUT2D eigenvalue weighted by Crippen LogP contribution is -2.14. The lowest BCUT2D eigenvalue weighted by molar-refractivity contribution is 0.0996. The summed E-state index contributed by atoms with van der Waals surface area (Å²) in [7, 11) is 0.627. The number of carbonyl (C=O) groups is 1. The van der Waals surface area contributed by atoms with Gasteiger partial charge in [0.15, 0.2) is 5.82 Å². The minimum Gasteiger partial charge on any atom is -0.366 e. The molecule has 8 heteroatoms. The van der Waals surface area contributed by atoms with Crippen LogP contribution in [0.4, 0.5) is 4.39 Å². The number of amides is 1. The number of benzene rings is 1. The van der Waals surface area contributed by atoms with E-state index in [-0.39, 0.29) is 5.02 Å². The molecule has 1 rings (SSSR count). The molecule has 0 aliphatic rings. The Hall–Kier alpha value is -0.850. The summed E-state index contributed by atoms with van der Waals surface area (Å²) in [4.78, 5) is 9.87. The maximum atomic E-state index is 13.4. The second kappa shape index (κ2) is 3.96. The van der Waals surface area contributed by atoms with E-state index in [1.54, 1.807) is 0 Å². The van der Waals surface area contributed by atoms with Crippen LogP contribution in [0.25, 0.3) is 0 Å². The van der Waals surface area contributed by atoms with Crippen LogP contribution in [0.3, 0.4) is 0 Å². The Labute approximate surface area is 94.2 Å². The number of halogens is 3. The quantitative estimate of drug-likeness (QED) is 0.829. The maximum absolute atomic E-state index is 13.4. The van der Waals surface area contributed by atoms with Gasteiger partial charge < -0.3 is 5.73 Å². The highest BCUT2D eigenvalue weighted by Gasteiger charge is 2.22. The van der Waals surface area contributed by atoms with E-state index in [2.05, 4.69) is 0 Å². The van der Waals surface area contributed by atoms with Crippen LogP contribution in [0.5, 0.6) is 0 Å². The molecule has 0 aliphatic heterocycles. The molecule has 0 aliphatic carbocycles. The van der Waals surface area contributed by atoms with Gasteiger partial charge in [0.1, 0.15) is 4.90 Å². The van der Waals surface area contributed by atoms with Crippen molar-refractivity contribution in [3.05, 3.63) is 28.5 Å². The Morgan fingerprint density at radius 3 is 2.33 bits per heavy atom. The average molecular weight is 272 g/mol. The third kappa shape index (κ3) is 2.58. The van der Waals surface area contributed by atoms with Gasteiger partial charge in [0.05, 0.1) is 5.56 Å². The van der Waals surface area contributed by atoms with E-state index < -0.39 is 31.2 Å². The van der Waals surface area contributed by atoms with E-state index in [1.165, 1.54) is 0 Å². The molecule has 1 amide bonds. The van der Waals surface area contributed by atoms with Gasteiger partial charge in [0, 0.05) is 15.7 Å². The first-order valence-corrected chi connectivity index (χ1v) is 6.15. The van der Waals surface area contributed by atoms with Gasteiger partial charge in [0.25, 0.3) is 15.0 Å². The minimum absolute atomic E-state index is 0.149. The lowest BCUT2D eigenvalue weighted by Gasteiger charge is -2.03. The lowest BCUT2D eigenvalue weighted by atomic mass is 10.2. The van der Waals surface area contributed by atoms with Gasteiger partial charge in [-0.15, -0.1) is 0 Å². The molecule has 1 aromatic carbocycles. The first-order valence-electron chi connectivity index (χ1n) is 3.47. The van der Waals surface area contributed by atoms with Crippen molar-refractivity contribution < 1.29 is 17.6 Å². The van der Waals surface area contributed by atoms with Gasteiger partial charge in [-0.3, -0.25) is 4.79 Å². The van der Waals surface area contributed by atoms with Crippen molar-refractivity contribution in [3.63, 3.8) is 0 Å². The first-order chi connectivity index (χ1) is 6.73. The molecule has 82 valence electrons. The van der Waals surface area contributed by atoms with Gasteiger partial charge in [-0.25, -0.2) is 12.8 Å². The molecule has 0 radical (unpaired) electrons. The molecule has 1 aromatic rings. The molecule has 4 nitrogen and oxygen atoms in total. The van der Waals surface area contributed by atoms with Crippen molar-refractivity contribution in [2.24, 2.45) is 5.73 Å². The third-order valence-electron chi connectivity index (χ3n) is 1.53. The van der Waals surface area contributed by atoms with Gasteiger partial charge in [-0.05, 0) is 12.1 Å². The van der Waals surface area contributed by atoms with Gasteiger partial charge in [-0.1, -0.05) is 11.6 Å². The van der Waals surface area contributed by atoms with Crippen LogP contribution in [-0.4, -0.2) is 14.3 Å². The first kappa shape index (κ1) is 12.2. The van der Waals surface area contributed by atoms with Crippen molar-refractivity contribution >= 4 is 37.2 Å². The molecule has 0 atom stereocenters. The molecular formula is C7H4Cl2FNO3S. The third-order valence-corrected chi connectivity index (χ3v) is 3.07. The Bertz CT molecular complexity index is 529. The van der Waals surface area contributed by atoms with Gasteiger partial charge in [-0.2, -0.15) is 0 Å².